The fourth-order valence-corrected chi connectivity index (χ4v) is 3.47. The molecule has 1 saturated carbocycles. The minimum Gasteiger partial charge on any atom is -0.494 e. The highest BCUT2D eigenvalue weighted by Crippen LogP contribution is 2.52. The van der Waals surface area contributed by atoms with Crippen LogP contribution < -0.4 is 4.74 Å². The number of rotatable bonds is 6. The van der Waals surface area contributed by atoms with Crippen molar-refractivity contribution in [2.45, 2.75) is 51.5 Å². The van der Waals surface area contributed by atoms with Gasteiger partial charge in [0.1, 0.15) is 17.1 Å². The number of imidazole rings is 1. The van der Waals surface area contributed by atoms with Crippen LogP contribution in [0.4, 0.5) is 0 Å². The van der Waals surface area contributed by atoms with Crippen molar-refractivity contribution < 1.29 is 4.74 Å². The highest BCUT2D eigenvalue weighted by molar-refractivity contribution is 6.20. The molecule has 1 aliphatic carbocycles. The quantitative estimate of drug-likeness (QED) is 0.708. The van der Waals surface area contributed by atoms with E-state index in [0.29, 0.717) is 5.41 Å². The zero-order valence-corrected chi connectivity index (χ0v) is 13.8. The summed E-state index contributed by atoms with van der Waals surface area (Å²) in [6.07, 6.45) is 5.16. The largest absolute Gasteiger partial charge is 0.494 e. The highest BCUT2D eigenvalue weighted by Gasteiger charge is 2.42. The summed E-state index contributed by atoms with van der Waals surface area (Å²) in [6.45, 7) is 5.28. The van der Waals surface area contributed by atoms with Crippen LogP contribution in [-0.2, 0) is 6.54 Å². The zero-order chi connectivity index (χ0) is 15.0. The van der Waals surface area contributed by atoms with Crippen molar-refractivity contribution in [1.82, 2.24) is 9.55 Å². The van der Waals surface area contributed by atoms with Gasteiger partial charge in [0.05, 0.1) is 18.0 Å². The number of alkyl halides is 1. The van der Waals surface area contributed by atoms with Crippen molar-refractivity contribution in [3.63, 3.8) is 0 Å². The third-order valence-electron chi connectivity index (χ3n) is 4.58. The minimum absolute atomic E-state index is 0.0977. The number of hydrogen-bond donors (Lipinski definition) is 0. The summed E-state index contributed by atoms with van der Waals surface area (Å²) in [4.78, 5) is 4.76. The van der Waals surface area contributed by atoms with Gasteiger partial charge in [-0.1, -0.05) is 19.4 Å². The number of hydrogen-bond acceptors (Lipinski definition) is 2. The van der Waals surface area contributed by atoms with Gasteiger partial charge in [0.2, 0.25) is 0 Å². The second kappa shape index (κ2) is 5.53. The van der Waals surface area contributed by atoms with Gasteiger partial charge in [0.25, 0.3) is 0 Å². The molecular weight excluding hydrogens is 284 g/mol. The van der Waals surface area contributed by atoms with Gasteiger partial charge >= 0.3 is 0 Å². The van der Waals surface area contributed by atoms with Gasteiger partial charge in [-0.25, -0.2) is 4.98 Å². The van der Waals surface area contributed by atoms with E-state index in [1.54, 1.807) is 7.11 Å². The van der Waals surface area contributed by atoms with Gasteiger partial charge in [-0.3, -0.25) is 0 Å². The number of nitrogens with zero attached hydrogens (tertiary/aromatic N) is 2. The van der Waals surface area contributed by atoms with Crippen molar-refractivity contribution in [2.75, 3.05) is 7.11 Å². The Morgan fingerprint density at radius 1 is 1.43 bits per heavy atom. The molecule has 3 rings (SSSR count). The molecule has 1 unspecified atom stereocenters. The number of benzene rings is 1. The van der Waals surface area contributed by atoms with E-state index in [0.717, 1.165) is 29.2 Å². The molecule has 0 bridgehead atoms. The van der Waals surface area contributed by atoms with Crippen molar-refractivity contribution in [2.24, 2.45) is 5.41 Å². The van der Waals surface area contributed by atoms with Gasteiger partial charge in [-0.2, -0.15) is 0 Å². The lowest BCUT2D eigenvalue weighted by Gasteiger charge is -2.18. The maximum Gasteiger partial charge on any atom is 0.146 e. The van der Waals surface area contributed by atoms with Crippen LogP contribution >= 0.6 is 11.6 Å². The van der Waals surface area contributed by atoms with Crippen LogP contribution in [0.25, 0.3) is 11.0 Å². The Hall–Kier alpha value is -1.22. The molecule has 0 saturated heterocycles. The summed E-state index contributed by atoms with van der Waals surface area (Å²) >= 11 is 6.38. The molecule has 1 atom stereocenters. The average molecular weight is 307 g/mol. The van der Waals surface area contributed by atoms with E-state index in [-0.39, 0.29) is 5.38 Å². The van der Waals surface area contributed by atoms with E-state index in [1.807, 2.05) is 19.1 Å². The first kappa shape index (κ1) is 14.7. The van der Waals surface area contributed by atoms with E-state index >= 15 is 0 Å². The molecule has 2 aromatic rings. The Morgan fingerprint density at radius 3 is 2.76 bits per heavy atom. The standard InChI is InChI=1S/C17H23ClN2O/c1-4-8-17(9-10-17)11-20-13-6-5-7-14(21-3)15(13)19-16(20)12(2)18/h5-7,12H,4,8-11H2,1-3H3. The third-order valence-corrected chi connectivity index (χ3v) is 4.77. The van der Waals surface area contributed by atoms with E-state index in [4.69, 9.17) is 21.3 Å². The highest BCUT2D eigenvalue weighted by atomic mass is 35.5. The normalized spacial score (nSPS) is 17.9. The lowest BCUT2D eigenvalue weighted by molar-refractivity contribution is 0.387. The first-order valence-electron chi connectivity index (χ1n) is 7.77. The van der Waals surface area contributed by atoms with Gasteiger partial charge < -0.3 is 9.30 Å². The van der Waals surface area contributed by atoms with Crippen molar-refractivity contribution >= 4 is 22.6 Å². The van der Waals surface area contributed by atoms with Gasteiger partial charge in [0.15, 0.2) is 0 Å². The van der Waals surface area contributed by atoms with Crippen LogP contribution in [0.2, 0.25) is 0 Å². The summed E-state index contributed by atoms with van der Waals surface area (Å²) in [7, 11) is 1.69. The molecule has 0 N–H and O–H groups in total. The molecule has 1 aliphatic rings. The van der Waals surface area contributed by atoms with Gasteiger partial charge in [0, 0.05) is 6.54 Å². The Morgan fingerprint density at radius 2 is 2.19 bits per heavy atom. The molecule has 0 amide bonds. The lowest BCUT2D eigenvalue weighted by Crippen LogP contribution is -2.14. The van der Waals surface area contributed by atoms with Crippen LogP contribution in [0.15, 0.2) is 18.2 Å². The maximum absolute atomic E-state index is 6.38. The van der Waals surface area contributed by atoms with Crippen LogP contribution in [0.5, 0.6) is 5.75 Å². The molecule has 0 spiro atoms. The number of aromatic nitrogens is 2. The summed E-state index contributed by atoms with van der Waals surface area (Å²) in [5.41, 5.74) is 2.53. The first-order valence-corrected chi connectivity index (χ1v) is 8.21. The van der Waals surface area contributed by atoms with Crippen molar-refractivity contribution in [3.05, 3.63) is 24.0 Å². The lowest BCUT2D eigenvalue weighted by atomic mass is 10.0. The number of fused-ring (bicyclic) bond motifs is 1. The van der Waals surface area contributed by atoms with Crippen molar-refractivity contribution in [3.8, 4) is 5.75 Å². The fourth-order valence-electron chi connectivity index (χ4n) is 3.30. The van der Waals surface area contributed by atoms with E-state index in [1.165, 1.54) is 25.7 Å². The molecular formula is C17H23ClN2O. The minimum atomic E-state index is -0.0977. The third kappa shape index (κ3) is 2.64. The molecule has 21 heavy (non-hydrogen) atoms. The number of ether oxygens (including phenoxy) is 1. The second-order valence-electron chi connectivity index (χ2n) is 6.25. The van der Waals surface area contributed by atoms with Gasteiger partial charge in [-0.05, 0) is 43.7 Å². The summed E-state index contributed by atoms with van der Waals surface area (Å²) in [6, 6.07) is 6.11. The fraction of sp³-hybridized carbons (Fsp3) is 0.588. The Labute approximate surface area is 131 Å². The van der Waals surface area contributed by atoms with Crippen LogP contribution in [0.1, 0.15) is 50.7 Å². The predicted octanol–water partition coefficient (Wildman–Crippen LogP) is 4.93. The zero-order valence-electron chi connectivity index (χ0n) is 13.0. The average Bonchev–Trinajstić information content (AvgIpc) is 3.12. The van der Waals surface area contributed by atoms with E-state index < -0.39 is 0 Å². The Bertz CT molecular complexity index is 644. The van der Waals surface area contributed by atoms with Crippen LogP contribution in [0, 0.1) is 5.41 Å². The predicted molar refractivity (Wildman–Crippen MR) is 87.1 cm³/mol. The van der Waals surface area contributed by atoms with Crippen LogP contribution in [0.3, 0.4) is 0 Å². The summed E-state index contributed by atoms with van der Waals surface area (Å²) in [5.74, 6) is 1.78. The molecule has 1 heterocycles. The monoisotopic (exact) mass is 306 g/mol. The van der Waals surface area contributed by atoms with Gasteiger partial charge in [-0.15, -0.1) is 11.6 Å². The van der Waals surface area contributed by atoms with E-state index in [2.05, 4.69) is 17.6 Å². The Kier molecular flexibility index (Phi) is 3.87. The molecule has 3 nitrogen and oxygen atoms in total. The Balaban J connectivity index is 2.09. The SMILES string of the molecule is CCCC1(Cn2c(C(C)Cl)nc3c(OC)cccc32)CC1. The maximum atomic E-state index is 6.38. The molecule has 0 radical (unpaired) electrons. The molecule has 114 valence electrons. The number of methoxy groups -OCH3 is 1. The topological polar surface area (TPSA) is 27.1 Å². The molecule has 0 aliphatic heterocycles. The molecule has 1 fully saturated rings. The second-order valence-corrected chi connectivity index (χ2v) is 6.90. The molecule has 4 heteroatoms. The van der Waals surface area contributed by atoms with E-state index in [9.17, 15) is 0 Å². The molecule has 1 aromatic carbocycles. The number of halogens is 1. The molecule has 1 aromatic heterocycles. The van der Waals surface area contributed by atoms with Crippen molar-refractivity contribution in [1.29, 1.82) is 0 Å². The number of para-hydroxylation sites is 1. The first-order chi connectivity index (χ1) is 10.1. The summed E-state index contributed by atoms with van der Waals surface area (Å²) < 4.78 is 7.77. The van der Waals surface area contributed by atoms with Crippen LogP contribution in [-0.4, -0.2) is 16.7 Å². The summed E-state index contributed by atoms with van der Waals surface area (Å²) in [5, 5.41) is -0.0977. The smallest absolute Gasteiger partial charge is 0.146 e.